The predicted octanol–water partition coefficient (Wildman–Crippen LogP) is 0.588. The number of nitrogens with zero attached hydrogens (tertiary/aromatic N) is 4. The Morgan fingerprint density at radius 3 is 2.56 bits per heavy atom. The molecule has 1 saturated carbocycles. The molecule has 3 aromatic rings. The first-order valence-electron chi connectivity index (χ1n) is 12.2. The van der Waals surface area contributed by atoms with Crippen LogP contribution in [0.25, 0.3) is 10.9 Å². The predicted molar refractivity (Wildman–Crippen MR) is 141 cm³/mol. The van der Waals surface area contributed by atoms with Crippen molar-refractivity contribution in [1.29, 1.82) is 5.26 Å². The van der Waals surface area contributed by atoms with Gasteiger partial charge in [-0.15, -0.1) is 5.10 Å². The number of pyridine rings is 1. The average Bonchev–Trinajstić information content (AvgIpc) is 3.73. The Morgan fingerprint density at radius 1 is 1.31 bits per heavy atom. The van der Waals surface area contributed by atoms with Gasteiger partial charge in [0.25, 0.3) is 17.3 Å². The minimum Gasteiger partial charge on any atom is -0.473 e. The van der Waals surface area contributed by atoms with Crippen LogP contribution in [-0.2, 0) is 23.4 Å². The van der Waals surface area contributed by atoms with Crippen LogP contribution in [0.4, 0.5) is 0 Å². The Morgan fingerprint density at radius 2 is 1.97 bits per heavy atom. The van der Waals surface area contributed by atoms with Crippen LogP contribution in [0.15, 0.2) is 41.3 Å². The molecular formula is C26H29N5O7S. The number of rotatable bonds is 10. The third-order valence-corrected chi connectivity index (χ3v) is 10.6. The molecule has 12 nitrogen and oxygen atoms in total. The van der Waals surface area contributed by atoms with Crippen LogP contribution in [0.2, 0.25) is 0 Å². The van der Waals surface area contributed by atoms with Crippen LogP contribution in [0, 0.1) is 11.3 Å². The lowest BCUT2D eigenvalue weighted by Gasteiger charge is -2.33. The van der Waals surface area contributed by atoms with Crippen LogP contribution in [0.1, 0.15) is 48.2 Å². The Labute approximate surface area is 224 Å². The molecule has 0 radical (unpaired) electrons. The average molecular weight is 556 g/mol. The number of benzene rings is 1. The van der Waals surface area contributed by atoms with E-state index in [9.17, 15) is 28.2 Å². The molecule has 13 heteroatoms. The zero-order valence-electron chi connectivity index (χ0n) is 21.7. The third kappa shape index (κ3) is 4.98. The molecule has 2 heterocycles. The van der Waals surface area contributed by atoms with Gasteiger partial charge >= 0.3 is 0 Å². The summed E-state index contributed by atoms with van der Waals surface area (Å²) in [4.78, 5) is 25.9. The van der Waals surface area contributed by atoms with E-state index in [0.717, 1.165) is 5.56 Å². The van der Waals surface area contributed by atoms with E-state index in [1.807, 2.05) is 6.07 Å². The first kappa shape index (κ1) is 28.2. The van der Waals surface area contributed by atoms with Gasteiger partial charge in [-0.1, -0.05) is 12.1 Å². The zero-order chi connectivity index (χ0) is 28.6. The molecule has 39 heavy (non-hydrogen) atoms. The molecule has 0 bridgehead atoms. The lowest BCUT2D eigenvalue weighted by Crippen LogP contribution is -2.52. The number of nitriles is 1. The van der Waals surface area contributed by atoms with Gasteiger partial charge in [0.15, 0.2) is 9.84 Å². The second-order valence-electron chi connectivity index (χ2n) is 10.1. The van der Waals surface area contributed by atoms with Crippen molar-refractivity contribution < 1.29 is 28.2 Å². The van der Waals surface area contributed by atoms with Crippen LogP contribution < -0.4 is 15.6 Å². The van der Waals surface area contributed by atoms with E-state index >= 15 is 0 Å². The Kier molecular flexibility index (Phi) is 7.48. The molecule has 1 fully saturated rings. The largest absolute Gasteiger partial charge is 0.473 e. The first-order valence-corrected chi connectivity index (χ1v) is 13.7. The number of aryl methyl sites for hydroxylation is 1. The van der Waals surface area contributed by atoms with Gasteiger partial charge in [0.1, 0.15) is 22.4 Å². The highest BCUT2D eigenvalue weighted by Crippen LogP contribution is 2.49. The minimum absolute atomic E-state index is 0.0707. The second-order valence-corrected chi connectivity index (χ2v) is 13.1. The number of nitrogens with one attached hydrogen (secondary N) is 1. The summed E-state index contributed by atoms with van der Waals surface area (Å²) in [5, 5.41) is 39.3. The number of aliphatic hydroxyl groups is 2. The van der Waals surface area contributed by atoms with E-state index in [0.29, 0.717) is 23.8 Å². The monoisotopic (exact) mass is 555 g/mol. The zero-order valence-corrected chi connectivity index (χ0v) is 22.5. The molecule has 0 saturated heterocycles. The van der Waals surface area contributed by atoms with Crippen LogP contribution in [-0.4, -0.2) is 68.1 Å². The van der Waals surface area contributed by atoms with Crippen LogP contribution in [0.5, 0.6) is 5.88 Å². The number of ether oxygens (including phenoxy) is 1. The molecule has 2 aromatic heterocycles. The third-order valence-electron chi connectivity index (χ3n) is 7.29. The van der Waals surface area contributed by atoms with E-state index < -0.39 is 43.5 Å². The quantitative estimate of drug-likeness (QED) is 0.320. The molecule has 1 atom stereocenters. The van der Waals surface area contributed by atoms with Gasteiger partial charge in [-0.05, 0) is 50.5 Å². The van der Waals surface area contributed by atoms with E-state index in [2.05, 4.69) is 15.5 Å². The summed E-state index contributed by atoms with van der Waals surface area (Å²) in [6.07, 6.45) is 0.498. The fraction of sp³-hybridized carbons (Fsp3) is 0.423. The molecule has 1 amide bonds. The first-order chi connectivity index (χ1) is 18.4. The number of sulfone groups is 1. The summed E-state index contributed by atoms with van der Waals surface area (Å²) in [5.74, 6) is -0.674. The molecule has 1 unspecified atom stereocenters. The highest BCUT2D eigenvalue weighted by Gasteiger charge is 2.62. The SMILES string of the molecule is Cn1c(=O)c(C(=O)NCc2ccc(C#N)cc2)cc2cnnc(OCC3(S(=O)(=O)C(C)(C)C(O)CO)CC3)c21. The normalized spacial score (nSPS) is 15.4. The maximum atomic E-state index is 13.4. The van der Waals surface area contributed by atoms with Crippen molar-refractivity contribution >= 4 is 26.6 Å². The highest BCUT2D eigenvalue weighted by molar-refractivity contribution is 7.94. The Hall–Kier alpha value is -3.86. The van der Waals surface area contributed by atoms with Crippen molar-refractivity contribution in [2.24, 2.45) is 7.05 Å². The minimum atomic E-state index is -3.95. The summed E-state index contributed by atoms with van der Waals surface area (Å²) in [7, 11) is -2.51. The van der Waals surface area contributed by atoms with E-state index in [1.54, 1.807) is 24.3 Å². The maximum absolute atomic E-state index is 13.4. The number of hydrogen-bond donors (Lipinski definition) is 3. The molecule has 4 rings (SSSR count). The number of aliphatic hydroxyl groups excluding tert-OH is 2. The van der Waals surface area contributed by atoms with Crippen molar-refractivity contribution in [3.63, 3.8) is 0 Å². The fourth-order valence-corrected chi connectivity index (χ4v) is 6.74. The van der Waals surface area contributed by atoms with Gasteiger partial charge in [-0.25, -0.2) is 8.42 Å². The van der Waals surface area contributed by atoms with Crippen molar-refractivity contribution in [3.8, 4) is 11.9 Å². The highest BCUT2D eigenvalue weighted by atomic mass is 32.2. The molecule has 0 aliphatic heterocycles. The fourth-order valence-electron chi connectivity index (χ4n) is 4.34. The maximum Gasteiger partial charge on any atom is 0.263 e. The summed E-state index contributed by atoms with van der Waals surface area (Å²) in [5.41, 5.74) is 0.739. The molecule has 3 N–H and O–H groups in total. The standard InChI is InChI=1S/C26H29N5O7S/c1-25(2,20(33)14-32)39(36,37)26(8-9-26)15-38-23-21-18(13-29-30-23)10-19(24(35)31(21)3)22(34)28-12-17-6-4-16(11-27)5-7-17/h4-7,10,13,20,32-33H,8-9,12,14-15H2,1-3H3,(H,28,34). The molecular weight excluding hydrogens is 526 g/mol. The van der Waals surface area contributed by atoms with Crippen molar-refractivity contribution in [2.45, 2.75) is 48.8 Å². The van der Waals surface area contributed by atoms with Gasteiger partial charge in [-0.2, -0.15) is 10.4 Å². The summed E-state index contributed by atoms with van der Waals surface area (Å²) in [6, 6.07) is 10.1. The van der Waals surface area contributed by atoms with Crippen molar-refractivity contribution in [2.75, 3.05) is 13.2 Å². The van der Waals surface area contributed by atoms with E-state index in [1.165, 1.54) is 37.7 Å². The molecule has 206 valence electrons. The Bertz CT molecular complexity index is 1620. The van der Waals surface area contributed by atoms with Gasteiger partial charge in [0.2, 0.25) is 0 Å². The molecule has 1 aliphatic rings. The van der Waals surface area contributed by atoms with Gasteiger partial charge < -0.3 is 24.8 Å². The lowest BCUT2D eigenvalue weighted by molar-refractivity contribution is 0.0684. The smallest absolute Gasteiger partial charge is 0.263 e. The number of hydrogen-bond acceptors (Lipinski definition) is 10. The van der Waals surface area contributed by atoms with Gasteiger partial charge in [0.05, 0.1) is 35.3 Å². The summed E-state index contributed by atoms with van der Waals surface area (Å²) >= 11 is 0. The number of amides is 1. The number of aromatic nitrogens is 3. The van der Waals surface area contributed by atoms with Crippen LogP contribution >= 0.6 is 0 Å². The lowest BCUT2D eigenvalue weighted by atomic mass is 10.1. The van der Waals surface area contributed by atoms with Gasteiger partial charge in [-0.3, -0.25) is 9.59 Å². The number of carbonyl (C=O) groups excluding carboxylic acids is 1. The summed E-state index contributed by atoms with van der Waals surface area (Å²) in [6.45, 7) is 1.87. The topological polar surface area (TPSA) is 184 Å². The Balaban J connectivity index is 1.57. The van der Waals surface area contributed by atoms with Crippen molar-refractivity contribution in [1.82, 2.24) is 20.1 Å². The summed E-state index contributed by atoms with van der Waals surface area (Å²) < 4.78 is 30.8. The second kappa shape index (κ2) is 10.4. The molecule has 1 aliphatic carbocycles. The van der Waals surface area contributed by atoms with Gasteiger partial charge in [0, 0.05) is 19.0 Å². The van der Waals surface area contributed by atoms with Crippen LogP contribution in [0.3, 0.4) is 0 Å². The van der Waals surface area contributed by atoms with E-state index in [-0.39, 0.29) is 30.1 Å². The molecule has 0 spiro atoms. The number of fused-ring (bicyclic) bond motifs is 1. The van der Waals surface area contributed by atoms with E-state index in [4.69, 9.17) is 10.00 Å². The number of carbonyl (C=O) groups is 1. The van der Waals surface area contributed by atoms with Crippen molar-refractivity contribution in [3.05, 3.63) is 63.6 Å². The molecule has 1 aromatic carbocycles.